The lowest BCUT2D eigenvalue weighted by Gasteiger charge is -2.05. The largest absolute Gasteiger partial charge is 0.248 e. The summed E-state index contributed by atoms with van der Waals surface area (Å²) in [6.07, 6.45) is 0. The first kappa shape index (κ1) is 10.3. The molecule has 0 unspecified atom stereocenters. The number of hydrogen-bond donors (Lipinski definition) is 0. The van der Waals surface area contributed by atoms with Gasteiger partial charge in [-0.15, -0.1) is 0 Å². The minimum Gasteiger partial charge on any atom is -0.248 e. The third kappa shape index (κ3) is 1.57. The van der Waals surface area contributed by atoms with Gasteiger partial charge in [0.05, 0.1) is 16.1 Å². The Morgan fingerprint density at radius 1 is 0.938 bits per heavy atom. The van der Waals surface area contributed by atoms with Crippen LogP contribution in [0.15, 0.2) is 42.5 Å². The van der Waals surface area contributed by atoms with Crippen LogP contribution in [-0.2, 0) is 0 Å². The summed E-state index contributed by atoms with van der Waals surface area (Å²) in [4.78, 5) is 4.61. The molecule has 0 aliphatic carbocycles. The van der Waals surface area contributed by atoms with Crippen molar-refractivity contribution in [3.8, 4) is 0 Å². The van der Waals surface area contributed by atoms with Crippen LogP contribution < -0.4 is 0 Å². The summed E-state index contributed by atoms with van der Waals surface area (Å²) in [5.74, 6) is 0. The molecule has 0 bridgehead atoms. The van der Waals surface area contributed by atoms with Gasteiger partial charge < -0.3 is 0 Å². The molecule has 0 amide bonds. The van der Waals surface area contributed by atoms with E-state index >= 15 is 0 Å². The molecule has 0 fully saturated rings. The maximum atomic E-state index is 6.38. The molecule has 0 saturated carbocycles. The van der Waals surface area contributed by atoms with Gasteiger partial charge in [-0.25, -0.2) is 4.98 Å². The van der Waals surface area contributed by atoms with Gasteiger partial charge in [-0.3, -0.25) is 0 Å². The number of fused-ring (bicyclic) bond motifs is 2. The molecule has 1 heterocycles. The highest BCUT2D eigenvalue weighted by atomic mass is 127. The number of aromatic nitrogens is 1. The van der Waals surface area contributed by atoms with Gasteiger partial charge in [-0.1, -0.05) is 35.9 Å². The van der Waals surface area contributed by atoms with Crippen molar-refractivity contribution in [2.24, 2.45) is 0 Å². The van der Waals surface area contributed by atoms with Gasteiger partial charge in [0.25, 0.3) is 0 Å². The summed E-state index contributed by atoms with van der Waals surface area (Å²) >= 11 is 8.66. The summed E-state index contributed by atoms with van der Waals surface area (Å²) in [7, 11) is 0. The zero-order chi connectivity index (χ0) is 11.1. The van der Waals surface area contributed by atoms with E-state index in [-0.39, 0.29) is 0 Å². The van der Waals surface area contributed by atoms with E-state index in [1.165, 1.54) is 3.57 Å². The van der Waals surface area contributed by atoms with E-state index in [0.29, 0.717) is 0 Å². The molecule has 3 heteroatoms. The number of benzene rings is 2. The molecule has 78 valence electrons. The second-order valence-corrected chi connectivity index (χ2v) is 5.23. The summed E-state index contributed by atoms with van der Waals surface area (Å²) in [6, 6.07) is 14.1. The normalized spacial score (nSPS) is 11.1. The summed E-state index contributed by atoms with van der Waals surface area (Å²) in [5, 5.41) is 2.82. The minimum atomic E-state index is 0.789. The number of rotatable bonds is 0. The van der Waals surface area contributed by atoms with Crippen molar-refractivity contribution in [3.63, 3.8) is 0 Å². The standard InChI is InChI=1S/C13H7ClIN/c14-13-9-3-1-2-4-11(9)16-12-7-8(15)5-6-10(12)13/h1-7H. The molecule has 0 aliphatic heterocycles. The fraction of sp³-hybridized carbons (Fsp3) is 0. The van der Waals surface area contributed by atoms with Crippen LogP contribution >= 0.6 is 34.2 Å². The number of halogens is 2. The monoisotopic (exact) mass is 339 g/mol. The Bertz CT molecular complexity index is 694. The van der Waals surface area contributed by atoms with Crippen molar-refractivity contribution in [2.45, 2.75) is 0 Å². The van der Waals surface area contributed by atoms with Crippen LogP contribution in [0.4, 0.5) is 0 Å². The second-order valence-electron chi connectivity index (χ2n) is 3.60. The fourth-order valence-electron chi connectivity index (χ4n) is 1.81. The zero-order valence-corrected chi connectivity index (χ0v) is 11.2. The van der Waals surface area contributed by atoms with Gasteiger partial charge in [0, 0.05) is 14.3 Å². The van der Waals surface area contributed by atoms with E-state index in [0.717, 1.165) is 26.8 Å². The first-order valence-corrected chi connectivity index (χ1v) is 6.35. The maximum absolute atomic E-state index is 6.38. The summed E-state index contributed by atoms with van der Waals surface area (Å²) in [6.45, 7) is 0. The molecule has 16 heavy (non-hydrogen) atoms. The Morgan fingerprint density at radius 3 is 2.56 bits per heavy atom. The lowest BCUT2D eigenvalue weighted by atomic mass is 10.1. The van der Waals surface area contributed by atoms with Crippen LogP contribution in [0.25, 0.3) is 21.8 Å². The highest BCUT2D eigenvalue weighted by molar-refractivity contribution is 14.1. The van der Waals surface area contributed by atoms with Crippen molar-refractivity contribution in [2.75, 3.05) is 0 Å². The van der Waals surface area contributed by atoms with E-state index < -0.39 is 0 Å². The van der Waals surface area contributed by atoms with Crippen molar-refractivity contribution in [1.82, 2.24) is 4.98 Å². The van der Waals surface area contributed by atoms with Crippen LogP contribution in [0.5, 0.6) is 0 Å². The lowest BCUT2D eigenvalue weighted by Crippen LogP contribution is -1.85. The van der Waals surface area contributed by atoms with Crippen LogP contribution in [-0.4, -0.2) is 4.98 Å². The Balaban J connectivity index is 2.55. The SMILES string of the molecule is Clc1c2ccccc2nc2cc(I)ccc12. The van der Waals surface area contributed by atoms with Crippen molar-refractivity contribution < 1.29 is 0 Å². The average molecular weight is 340 g/mol. The molecule has 0 atom stereocenters. The van der Waals surface area contributed by atoms with Gasteiger partial charge in [0.2, 0.25) is 0 Å². The molecule has 0 aliphatic rings. The molecular weight excluding hydrogens is 333 g/mol. The number of pyridine rings is 1. The third-order valence-corrected chi connectivity index (χ3v) is 3.66. The van der Waals surface area contributed by atoms with Crippen LogP contribution in [0.1, 0.15) is 0 Å². The molecule has 3 rings (SSSR count). The van der Waals surface area contributed by atoms with Gasteiger partial charge in [-0.2, -0.15) is 0 Å². The van der Waals surface area contributed by atoms with E-state index in [1.807, 2.05) is 42.5 Å². The molecule has 0 saturated heterocycles. The highest BCUT2D eigenvalue weighted by Crippen LogP contribution is 2.30. The first-order valence-electron chi connectivity index (χ1n) is 4.89. The van der Waals surface area contributed by atoms with Gasteiger partial charge in [-0.05, 0) is 40.8 Å². The zero-order valence-electron chi connectivity index (χ0n) is 8.24. The topological polar surface area (TPSA) is 12.9 Å². The van der Waals surface area contributed by atoms with Gasteiger partial charge in [0.1, 0.15) is 0 Å². The summed E-state index contributed by atoms with van der Waals surface area (Å²) < 4.78 is 1.17. The number of para-hydroxylation sites is 1. The van der Waals surface area contributed by atoms with Crippen molar-refractivity contribution in [1.29, 1.82) is 0 Å². The van der Waals surface area contributed by atoms with E-state index in [2.05, 4.69) is 27.6 Å². The molecule has 0 spiro atoms. The Labute approximate surface area is 112 Å². The number of hydrogen-bond acceptors (Lipinski definition) is 1. The van der Waals surface area contributed by atoms with Crippen molar-refractivity contribution in [3.05, 3.63) is 51.1 Å². The van der Waals surface area contributed by atoms with E-state index in [4.69, 9.17) is 11.6 Å². The lowest BCUT2D eigenvalue weighted by molar-refractivity contribution is 1.49. The molecule has 3 aromatic rings. The maximum Gasteiger partial charge on any atom is 0.0735 e. The quantitative estimate of drug-likeness (QED) is 0.429. The third-order valence-electron chi connectivity index (χ3n) is 2.58. The molecule has 2 aromatic carbocycles. The first-order chi connectivity index (χ1) is 7.75. The van der Waals surface area contributed by atoms with Crippen molar-refractivity contribution >= 4 is 56.0 Å². The second kappa shape index (κ2) is 3.86. The fourth-order valence-corrected chi connectivity index (χ4v) is 2.61. The van der Waals surface area contributed by atoms with E-state index in [9.17, 15) is 0 Å². The Morgan fingerprint density at radius 2 is 1.69 bits per heavy atom. The molecule has 1 nitrogen and oxygen atoms in total. The molecule has 1 aromatic heterocycles. The predicted octanol–water partition coefficient (Wildman–Crippen LogP) is 4.65. The van der Waals surface area contributed by atoms with Crippen LogP contribution in [0.2, 0.25) is 5.02 Å². The molecular formula is C13H7ClIN. The number of nitrogens with zero attached hydrogens (tertiary/aromatic N) is 1. The molecule has 0 N–H and O–H groups in total. The van der Waals surface area contributed by atoms with Gasteiger partial charge in [0.15, 0.2) is 0 Å². The Hall–Kier alpha value is -0.870. The predicted molar refractivity (Wildman–Crippen MR) is 77.0 cm³/mol. The summed E-state index contributed by atoms with van der Waals surface area (Å²) in [5.41, 5.74) is 1.90. The Kier molecular flexibility index (Phi) is 2.48. The van der Waals surface area contributed by atoms with Gasteiger partial charge >= 0.3 is 0 Å². The van der Waals surface area contributed by atoms with Crippen LogP contribution in [0, 0.1) is 3.57 Å². The minimum absolute atomic E-state index is 0.789. The highest BCUT2D eigenvalue weighted by Gasteiger charge is 2.06. The average Bonchev–Trinajstić information content (AvgIpc) is 2.29. The van der Waals surface area contributed by atoms with E-state index in [1.54, 1.807) is 0 Å². The molecule has 0 radical (unpaired) electrons. The smallest absolute Gasteiger partial charge is 0.0735 e. The van der Waals surface area contributed by atoms with Crippen LogP contribution in [0.3, 0.4) is 0 Å².